The lowest BCUT2D eigenvalue weighted by Crippen LogP contribution is -2.30. The van der Waals surface area contributed by atoms with Gasteiger partial charge in [-0.2, -0.15) is 4.31 Å². The van der Waals surface area contributed by atoms with E-state index in [0.717, 1.165) is 18.4 Å². The Morgan fingerprint density at radius 1 is 1.19 bits per heavy atom. The molecule has 7 heteroatoms. The van der Waals surface area contributed by atoms with Gasteiger partial charge < -0.3 is 10.1 Å². The maximum atomic E-state index is 13.1. The lowest BCUT2D eigenvalue weighted by atomic mass is 10.1. The molecule has 2 aromatic carbocycles. The predicted octanol–water partition coefficient (Wildman–Crippen LogP) is 2.58. The number of sulfonamides is 1. The topological polar surface area (TPSA) is 75.7 Å². The highest BCUT2D eigenvalue weighted by molar-refractivity contribution is 7.89. The Kier molecular flexibility index (Phi) is 5.29. The van der Waals surface area contributed by atoms with E-state index in [1.54, 1.807) is 7.11 Å². The molecule has 1 aliphatic heterocycles. The molecule has 1 atom stereocenters. The Hall–Kier alpha value is -2.38. The van der Waals surface area contributed by atoms with Gasteiger partial charge in [-0.15, -0.1) is 0 Å². The van der Waals surface area contributed by atoms with Crippen LogP contribution in [-0.2, 0) is 10.0 Å². The van der Waals surface area contributed by atoms with Gasteiger partial charge in [-0.05, 0) is 54.8 Å². The summed E-state index contributed by atoms with van der Waals surface area (Å²) in [5, 5.41) is 2.52. The lowest BCUT2D eigenvalue weighted by Gasteiger charge is -2.25. The highest BCUT2D eigenvalue weighted by Crippen LogP contribution is 2.37. The van der Waals surface area contributed by atoms with Crippen LogP contribution in [-0.4, -0.2) is 39.3 Å². The molecule has 0 saturated carbocycles. The van der Waals surface area contributed by atoms with Crippen LogP contribution in [0.1, 0.15) is 34.8 Å². The van der Waals surface area contributed by atoms with Gasteiger partial charge in [-0.3, -0.25) is 4.79 Å². The van der Waals surface area contributed by atoms with Crippen molar-refractivity contribution in [1.29, 1.82) is 0 Å². The van der Waals surface area contributed by atoms with Crippen molar-refractivity contribution in [3.05, 3.63) is 59.7 Å². The van der Waals surface area contributed by atoms with E-state index in [1.165, 1.54) is 35.6 Å². The molecule has 138 valence electrons. The third-order valence-corrected chi connectivity index (χ3v) is 6.55. The summed E-state index contributed by atoms with van der Waals surface area (Å²) in [7, 11) is -0.513. The van der Waals surface area contributed by atoms with Gasteiger partial charge in [-0.25, -0.2) is 8.42 Å². The number of ether oxygens (including phenoxy) is 1. The van der Waals surface area contributed by atoms with Gasteiger partial charge in [0.2, 0.25) is 10.0 Å². The van der Waals surface area contributed by atoms with Gasteiger partial charge in [0, 0.05) is 19.2 Å². The number of carbonyl (C=O) groups excluding carboxylic acids is 1. The summed E-state index contributed by atoms with van der Waals surface area (Å²) in [6.45, 7) is 0.474. The second-order valence-electron chi connectivity index (χ2n) is 6.15. The SMILES string of the molecule is CNC(=O)c1ccc(S(=O)(=O)N2CCCC2c2cccc(OC)c2)cc1. The van der Waals surface area contributed by atoms with Crippen LogP contribution in [0.5, 0.6) is 5.75 Å². The molecule has 0 bridgehead atoms. The van der Waals surface area contributed by atoms with Crippen LogP contribution >= 0.6 is 0 Å². The van der Waals surface area contributed by atoms with Gasteiger partial charge in [-0.1, -0.05) is 12.1 Å². The smallest absolute Gasteiger partial charge is 0.251 e. The molecule has 6 nitrogen and oxygen atoms in total. The first-order valence-electron chi connectivity index (χ1n) is 8.45. The van der Waals surface area contributed by atoms with Crippen molar-refractivity contribution in [3.63, 3.8) is 0 Å². The summed E-state index contributed by atoms with van der Waals surface area (Å²) in [4.78, 5) is 11.8. The van der Waals surface area contributed by atoms with E-state index >= 15 is 0 Å². The quantitative estimate of drug-likeness (QED) is 0.873. The Morgan fingerprint density at radius 3 is 2.58 bits per heavy atom. The number of methoxy groups -OCH3 is 1. The Morgan fingerprint density at radius 2 is 1.92 bits per heavy atom. The van der Waals surface area contributed by atoms with Crippen LogP contribution in [0, 0.1) is 0 Å². The largest absolute Gasteiger partial charge is 0.497 e. The summed E-state index contributed by atoms with van der Waals surface area (Å²) in [6, 6.07) is 13.3. The maximum absolute atomic E-state index is 13.1. The van der Waals surface area contributed by atoms with Crippen molar-refractivity contribution in [2.24, 2.45) is 0 Å². The van der Waals surface area contributed by atoms with Crippen molar-refractivity contribution in [3.8, 4) is 5.75 Å². The van der Waals surface area contributed by atoms with E-state index < -0.39 is 10.0 Å². The predicted molar refractivity (Wildman–Crippen MR) is 98.7 cm³/mol. The molecule has 0 radical (unpaired) electrons. The normalized spacial score (nSPS) is 17.8. The van der Waals surface area contributed by atoms with E-state index in [1.807, 2.05) is 24.3 Å². The van der Waals surface area contributed by atoms with Crippen LogP contribution in [0.2, 0.25) is 0 Å². The van der Waals surface area contributed by atoms with E-state index in [2.05, 4.69) is 5.32 Å². The number of hydrogen-bond acceptors (Lipinski definition) is 4. The number of amides is 1. The number of rotatable bonds is 5. The van der Waals surface area contributed by atoms with Crippen LogP contribution in [0.4, 0.5) is 0 Å². The number of nitrogens with one attached hydrogen (secondary N) is 1. The molecule has 3 rings (SSSR count). The van der Waals surface area contributed by atoms with Crippen molar-refractivity contribution >= 4 is 15.9 Å². The molecule has 1 heterocycles. The number of nitrogens with zero attached hydrogens (tertiary/aromatic N) is 1. The molecule has 1 amide bonds. The third-order valence-electron chi connectivity index (χ3n) is 4.63. The highest BCUT2D eigenvalue weighted by Gasteiger charge is 2.36. The minimum Gasteiger partial charge on any atom is -0.497 e. The second kappa shape index (κ2) is 7.47. The Balaban J connectivity index is 1.91. The zero-order valence-corrected chi connectivity index (χ0v) is 15.6. The summed E-state index contributed by atoms with van der Waals surface area (Å²) < 4.78 is 33.0. The first-order valence-corrected chi connectivity index (χ1v) is 9.89. The van der Waals surface area contributed by atoms with E-state index in [-0.39, 0.29) is 16.8 Å². The van der Waals surface area contributed by atoms with Crippen molar-refractivity contribution in [2.75, 3.05) is 20.7 Å². The monoisotopic (exact) mass is 374 g/mol. The molecule has 2 aromatic rings. The summed E-state index contributed by atoms with van der Waals surface area (Å²) in [6.07, 6.45) is 1.57. The average Bonchev–Trinajstić information content (AvgIpc) is 3.18. The summed E-state index contributed by atoms with van der Waals surface area (Å²) in [5.74, 6) is 0.464. The fraction of sp³-hybridized carbons (Fsp3) is 0.316. The van der Waals surface area contributed by atoms with Gasteiger partial charge >= 0.3 is 0 Å². The first-order chi connectivity index (χ1) is 12.5. The van der Waals surface area contributed by atoms with E-state index in [4.69, 9.17) is 4.74 Å². The molecule has 1 N–H and O–H groups in total. The molecular formula is C19H22N2O4S. The Bertz CT molecular complexity index is 894. The summed E-state index contributed by atoms with van der Waals surface area (Å²) >= 11 is 0. The van der Waals surface area contributed by atoms with Crippen molar-refractivity contribution in [2.45, 2.75) is 23.8 Å². The van der Waals surface area contributed by atoms with Gasteiger partial charge in [0.05, 0.1) is 18.0 Å². The van der Waals surface area contributed by atoms with Crippen LogP contribution < -0.4 is 10.1 Å². The standard InChI is InChI=1S/C19H22N2O4S/c1-20-19(22)14-8-10-17(11-9-14)26(23,24)21-12-4-7-18(21)15-5-3-6-16(13-15)25-2/h3,5-6,8-11,13,18H,4,7,12H2,1-2H3,(H,20,22). The summed E-state index contributed by atoms with van der Waals surface area (Å²) in [5.41, 5.74) is 1.35. The number of carbonyl (C=O) groups is 1. The van der Waals surface area contributed by atoms with Gasteiger partial charge in [0.15, 0.2) is 0 Å². The zero-order chi connectivity index (χ0) is 18.7. The molecule has 0 aromatic heterocycles. The molecule has 1 fully saturated rings. The Labute approximate surface area is 153 Å². The minimum atomic E-state index is -3.64. The fourth-order valence-corrected chi connectivity index (χ4v) is 4.95. The molecule has 1 unspecified atom stereocenters. The van der Waals surface area contributed by atoms with Gasteiger partial charge in [0.1, 0.15) is 5.75 Å². The van der Waals surface area contributed by atoms with Crippen molar-refractivity contribution < 1.29 is 17.9 Å². The highest BCUT2D eigenvalue weighted by atomic mass is 32.2. The number of benzene rings is 2. The third kappa shape index (κ3) is 3.45. The van der Waals surface area contributed by atoms with Gasteiger partial charge in [0.25, 0.3) is 5.91 Å². The van der Waals surface area contributed by atoms with Crippen LogP contribution in [0.15, 0.2) is 53.4 Å². The molecule has 0 spiro atoms. The zero-order valence-electron chi connectivity index (χ0n) is 14.8. The molecule has 26 heavy (non-hydrogen) atoms. The second-order valence-corrected chi connectivity index (χ2v) is 8.04. The van der Waals surface area contributed by atoms with E-state index in [0.29, 0.717) is 17.9 Å². The number of hydrogen-bond donors (Lipinski definition) is 1. The van der Waals surface area contributed by atoms with Crippen molar-refractivity contribution in [1.82, 2.24) is 9.62 Å². The molecule has 0 aliphatic carbocycles. The minimum absolute atomic E-state index is 0.194. The first kappa shape index (κ1) is 18.4. The maximum Gasteiger partial charge on any atom is 0.251 e. The molecule has 1 aliphatic rings. The molecular weight excluding hydrogens is 352 g/mol. The average molecular weight is 374 g/mol. The lowest BCUT2D eigenvalue weighted by molar-refractivity contribution is 0.0963. The van der Waals surface area contributed by atoms with E-state index in [9.17, 15) is 13.2 Å². The van der Waals surface area contributed by atoms with Crippen LogP contribution in [0.3, 0.4) is 0 Å². The molecule has 1 saturated heterocycles. The fourth-order valence-electron chi connectivity index (χ4n) is 3.27. The van der Waals surface area contributed by atoms with Crippen LogP contribution in [0.25, 0.3) is 0 Å².